The second-order valence-electron chi connectivity index (χ2n) is 6.50. The third-order valence-electron chi connectivity index (χ3n) is 4.64. The van der Waals surface area contributed by atoms with Crippen molar-refractivity contribution in [1.29, 1.82) is 0 Å². The van der Waals surface area contributed by atoms with Gasteiger partial charge in [0.1, 0.15) is 6.04 Å². The minimum absolute atomic E-state index is 0.0465. The lowest BCUT2D eigenvalue weighted by Crippen LogP contribution is -2.35. The van der Waals surface area contributed by atoms with Gasteiger partial charge in [-0.05, 0) is 38.8 Å². The fourth-order valence-electron chi connectivity index (χ4n) is 3.43. The van der Waals surface area contributed by atoms with Crippen molar-refractivity contribution in [2.45, 2.75) is 39.7 Å². The Morgan fingerprint density at radius 3 is 2.81 bits per heavy atom. The van der Waals surface area contributed by atoms with E-state index in [2.05, 4.69) is 10.3 Å². The Morgan fingerprint density at radius 1 is 1.30 bits per heavy atom. The van der Waals surface area contributed by atoms with E-state index in [1.54, 1.807) is 0 Å². The van der Waals surface area contributed by atoms with Gasteiger partial charge in [0.25, 0.3) is 5.56 Å². The first-order valence-corrected chi connectivity index (χ1v) is 9.43. The van der Waals surface area contributed by atoms with E-state index in [-0.39, 0.29) is 11.5 Å². The van der Waals surface area contributed by atoms with Crippen molar-refractivity contribution in [3.8, 4) is 0 Å². The van der Waals surface area contributed by atoms with Crippen LogP contribution in [0.4, 0.5) is 0 Å². The van der Waals surface area contributed by atoms with E-state index in [9.17, 15) is 9.59 Å². The summed E-state index contributed by atoms with van der Waals surface area (Å²) in [5, 5.41) is 3.87. The van der Waals surface area contributed by atoms with Crippen molar-refractivity contribution in [1.82, 2.24) is 19.5 Å². The summed E-state index contributed by atoms with van der Waals surface area (Å²) in [5.74, 6) is -0.0465. The average molecular weight is 370 g/mol. The summed E-state index contributed by atoms with van der Waals surface area (Å²) >= 11 is 0. The molecule has 0 aliphatic rings. The number of carbonyl (C=O) groups excluding carboxylic acids is 1. The molecule has 7 heteroatoms. The predicted octanol–water partition coefficient (Wildman–Crippen LogP) is 2.45. The minimum atomic E-state index is -0.400. The normalized spacial score (nSPS) is 12.6. The molecule has 7 nitrogen and oxygen atoms in total. The molecule has 0 aliphatic carbocycles. The fraction of sp³-hybridized carbons (Fsp3) is 0.450. The topological polar surface area (TPSA) is 77.6 Å². The van der Waals surface area contributed by atoms with Crippen molar-refractivity contribution < 1.29 is 9.53 Å². The van der Waals surface area contributed by atoms with Gasteiger partial charge >= 0.3 is 0 Å². The van der Waals surface area contributed by atoms with Gasteiger partial charge in [-0.2, -0.15) is 4.98 Å². The molecule has 0 spiro atoms. The highest BCUT2D eigenvalue weighted by atomic mass is 16.5. The van der Waals surface area contributed by atoms with Crippen LogP contribution in [-0.4, -0.2) is 39.8 Å². The number of ether oxygens (including phenoxy) is 1. The van der Waals surface area contributed by atoms with E-state index >= 15 is 0 Å². The highest BCUT2D eigenvalue weighted by Gasteiger charge is 2.24. The van der Waals surface area contributed by atoms with Crippen LogP contribution in [0.2, 0.25) is 0 Å². The van der Waals surface area contributed by atoms with Crippen LogP contribution in [0.15, 0.2) is 35.1 Å². The first-order chi connectivity index (χ1) is 13.1. The molecule has 2 aromatic heterocycles. The number of amides is 1. The number of aromatic nitrogens is 3. The summed E-state index contributed by atoms with van der Waals surface area (Å²) in [4.78, 5) is 29.0. The maximum absolute atomic E-state index is 12.9. The lowest BCUT2D eigenvalue weighted by molar-refractivity contribution is -0.124. The Kier molecular flexibility index (Phi) is 5.91. The maximum Gasteiger partial charge on any atom is 0.273 e. The molecule has 2 heterocycles. The molecule has 1 N–H and O–H groups in total. The molecule has 0 saturated carbocycles. The average Bonchev–Trinajstić information content (AvgIpc) is 2.97. The van der Waals surface area contributed by atoms with Crippen molar-refractivity contribution in [2.24, 2.45) is 0 Å². The molecule has 3 aromatic rings. The molecule has 0 aliphatic heterocycles. The molecule has 0 radical (unpaired) electrons. The number of fused-ring (bicyclic) bond motifs is 3. The highest BCUT2D eigenvalue weighted by molar-refractivity contribution is 5.94. The zero-order chi connectivity index (χ0) is 19.4. The van der Waals surface area contributed by atoms with Crippen molar-refractivity contribution in [3.63, 3.8) is 0 Å². The number of benzene rings is 1. The highest BCUT2D eigenvalue weighted by Crippen LogP contribution is 2.26. The standard InChI is InChI=1S/C20H26N4O3/c1-4-16(20(26)21-11-8-12-27-5-2)24-17-10-7-6-9-15(17)19-22-18(25)13-14(3)23(19)24/h6-7,9-10,13,16H,4-5,8,11-12H2,1-3H3,(H,21,26). The first kappa shape index (κ1) is 19.1. The van der Waals surface area contributed by atoms with Gasteiger partial charge in [-0.1, -0.05) is 19.1 Å². The van der Waals surface area contributed by atoms with Crippen LogP contribution in [-0.2, 0) is 9.53 Å². The van der Waals surface area contributed by atoms with E-state index in [0.29, 0.717) is 31.8 Å². The Hall–Kier alpha value is -2.67. The summed E-state index contributed by atoms with van der Waals surface area (Å²) < 4.78 is 9.14. The zero-order valence-electron chi connectivity index (χ0n) is 16.1. The number of nitrogens with one attached hydrogen (secondary N) is 1. The lowest BCUT2D eigenvalue weighted by atomic mass is 10.2. The number of aryl methyl sites for hydroxylation is 1. The Labute approximate surface area is 157 Å². The van der Waals surface area contributed by atoms with Gasteiger partial charge in [-0.15, -0.1) is 0 Å². The van der Waals surface area contributed by atoms with Crippen molar-refractivity contribution in [2.75, 3.05) is 19.8 Å². The largest absolute Gasteiger partial charge is 0.382 e. The van der Waals surface area contributed by atoms with E-state index < -0.39 is 6.04 Å². The van der Waals surface area contributed by atoms with Crippen LogP contribution in [0.3, 0.4) is 0 Å². The molecule has 1 aromatic carbocycles. The summed E-state index contributed by atoms with van der Waals surface area (Å²) in [6.45, 7) is 7.67. The third-order valence-corrected chi connectivity index (χ3v) is 4.64. The molecular formula is C20H26N4O3. The van der Waals surface area contributed by atoms with Crippen molar-refractivity contribution >= 4 is 22.5 Å². The van der Waals surface area contributed by atoms with E-state index in [1.807, 2.05) is 54.2 Å². The molecule has 1 unspecified atom stereocenters. The quantitative estimate of drug-likeness (QED) is 0.618. The predicted molar refractivity (Wildman–Crippen MR) is 105 cm³/mol. The number of nitrogens with zero attached hydrogens (tertiary/aromatic N) is 3. The number of para-hydroxylation sites is 1. The molecule has 1 amide bonds. The lowest BCUT2D eigenvalue weighted by Gasteiger charge is -2.20. The van der Waals surface area contributed by atoms with Crippen LogP contribution >= 0.6 is 0 Å². The Balaban J connectivity index is 2.02. The van der Waals surface area contributed by atoms with Crippen LogP contribution in [0.5, 0.6) is 0 Å². The van der Waals surface area contributed by atoms with E-state index in [0.717, 1.165) is 23.0 Å². The summed E-state index contributed by atoms with van der Waals surface area (Å²) in [5.41, 5.74) is 1.95. The first-order valence-electron chi connectivity index (χ1n) is 9.43. The maximum atomic E-state index is 12.9. The molecule has 1 atom stereocenters. The Morgan fingerprint density at radius 2 is 2.07 bits per heavy atom. The van der Waals surface area contributed by atoms with Crippen LogP contribution < -0.4 is 10.9 Å². The second-order valence-corrected chi connectivity index (χ2v) is 6.50. The number of hydrogen-bond donors (Lipinski definition) is 1. The fourth-order valence-corrected chi connectivity index (χ4v) is 3.43. The minimum Gasteiger partial charge on any atom is -0.382 e. The molecule has 0 saturated heterocycles. The number of carbonyl (C=O) groups is 1. The molecule has 144 valence electrons. The number of rotatable bonds is 8. The van der Waals surface area contributed by atoms with Gasteiger partial charge < -0.3 is 10.1 Å². The van der Waals surface area contributed by atoms with E-state index in [4.69, 9.17) is 4.74 Å². The van der Waals surface area contributed by atoms with Crippen LogP contribution in [0, 0.1) is 6.92 Å². The summed E-state index contributed by atoms with van der Waals surface area (Å²) in [7, 11) is 0. The number of hydrogen-bond acceptors (Lipinski definition) is 4. The molecule has 3 rings (SSSR count). The van der Waals surface area contributed by atoms with Gasteiger partial charge in [0, 0.05) is 36.9 Å². The molecule has 0 fully saturated rings. The van der Waals surface area contributed by atoms with E-state index in [1.165, 1.54) is 6.07 Å². The van der Waals surface area contributed by atoms with Crippen LogP contribution in [0.25, 0.3) is 16.6 Å². The zero-order valence-corrected chi connectivity index (χ0v) is 16.1. The molecule has 0 bridgehead atoms. The van der Waals surface area contributed by atoms with Gasteiger partial charge in [-0.3, -0.25) is 14.3 Å². The summed E-state index contributed by atoms with van der Waals surface area (Å²) in [6.07, 6.45) is 1.40. The molecular weight excluding hydrogens is 344 g/mol. The second kappa shape index (κ2) is 8.35. The van der Waals surface area contributed by atoms with Crippen LogP contribution in [0.1, 0.15) is 38.4 Å². The van der Waals surface area contributed by atoms with Gasteiger partial charge in [0.2, 0.25) is 5.91 Å². The van der Waals surface area contributed by atoms with Gasteiger partial charge in [-0.25, -0.2) is 4.52 Å². The van der Waals surface area contributed by atoms with Gasteiger partial charge in [0.15, 0.2) is 5.65 Å². The SMILES string of the molecule is CCOCCCNC(=O)C(CC)n1c2ccccc2c2nc(=O)cc(C)n21. The Bertz CT molecular complexity index is 1010. The summed E-state index contributed by atoms with van der Waals surface area (Å²) in [6, 6.07) is 8.82. The third kappa shape index (κ3) is 3.73. The smallest absolute Gasteiger partial charge is 0.273 e. The monoisotopic (exact) mass is 370 g/mol. The molecule has 27 heavy (non-hydrogen) atoms. The van der Waals surface area contributed by atoms with Crippen molar-refractivity contribution in [3.05, 3.63) is 46.4 Å². The van der Waals surface area contributed by atoms with Gasteiger partial charge in [0.05, 0.1) is 5.52 Å².